The lowest BCUT2D eigenvalue weighted by Gasteiger charge is -2.26. The zero-order valence-electron chi connectivity index (χ0n) is 14.7. The van der Waals surface area contributed by atoms with E-state index in [4.69, 9.17) is 4.42 Å². The Labute approximate surface area is 148 Å². The predicted molar refractivity (Wildman–Crippen MR) is 95.4 cm³/mol. The molecule has 2 amide bonds. The summed E-state index contributed by atoms with van der Waals surface area (Å²) in [4.78, 5) is 16.6. The molecule has 0 bridgehead atoms. The van der Waals surface area contributed by atoms with Crippen LogP contribution in [-0.2, 0) is 13.0 Å². The van der Waals surface area contributed by atoms with Crippen LogP contribution in [0.5, 0.6) is 5.75 Å². The molecule has 0 saturated heterocycles. The monoisotopic (exact) mass is 343 g/mol. The summed E-state index contributed by atoms with van der Waals surface area (Å²) >= 11 is 0. The van der Waals surface area contributed by atoms with Gasteiger partial charge in [-0.1, -0.05) is 12.1 Å². The van der Waals surface area contributed by atoms with Gasteiger partial charge in [-0.2, -0.15) is 0 Å². The molecule has 1 heterocycles. The first-order valence-corrected chi connectivity index (χ1v) is 8.58. The molecule has 25 heavy (non-hydrogen) atoms. The first-order valence-electron chi connectivity index (χ1n) is 8.58. The number of nitrogens with one attached hydrogen (secondary N) is 1. The minimum Gasteiger partial charge on any atom is -0.508 e. The number of phenolic OH excluding ortho intramolecular Hbond substituents is 1. The van der Waals surface area contributed by atoms with Crippen molar-refractivity contribution in [3.05, 3.63) is 53.5 Å². The number of aromatic hydroxyl groups is 1. The second-order valence-electron chi connectivity index (χ2n) is 6.69. The molecule has 0 saturated carbocycles. The van der Waals surface area contributed by atoms with Gasteiger partial charge in [-0.25, -0.2) is 4.79 Å². The predicted octanol–water partition coefficient (Wildman–Crippen LogP) is 2.75. The van der Waals surface area contributed by atoms with E-state index in [1.165, 1.54) is 0 Å². The zero-order chi connectivity index (χ0) is 17.8. The summed E-state index contributed by atoms with van der Waals surface area (Å²) in [5.41, 5.74) is 1.96. The summed E-state index contributed by atoms with van der Waals surface area (Å²) in [5, 5.41) is 13.1. The van der Waals surface area contributed by atoms with Gasteiger partial charge in [0.05, 0.1) is 18.8 Å². The normalized spacial score (nSPS) is 16.0. The van der Waals surface area contributed by atoms with Gasteiger partial charge in [-0.05, 0) is 56.3 Å². The number of hydrogen-bond donors (Lipinski definition) is 2. The smallest absolute Gasteiger partial charge is 0.318 e. The van der Waals surface area contributed by atoms with E-state index in [9.17, 15) is 9.90 Å². The molecule has 1 aliphatic carbocycles. The lowest BCUT2D eigenvalue weighted by atomic mass is 10.1. The van der Waals surface area contributed by atoms with Gasteiger partial charge in [0.1, 0.15) is 11.5 Å². The van der Waals surface area contributed by atoms with Gasteiger partial charge in [0, 0.05) is 13.1 Å². The van der Waals surface area contributed by atoms with Crippen molar-refractivity contribution in [2.75, 3.05) is 27.2 Å². The van der Waals surface area contributed by atoms with Gasteiger partial charge >= 0.3 is 6.03 Å². The van der Waals surface area contributed by atoms with Crippen LogP contribution in [0, 0.1) is 0 Å². The summed E-state index contributed by atoms with van der Waals surface area (Å²) in [5.74, 6) is 1.08. The van der Waals surface area contributed by atoms with Crippen molar-refractivity contribution in [1.82, 2.24) is 15.1 Å². The van der Waals surface area contributed by atoms with Crippen LogP contribution in [0.15, 0.2) is 41.0 Å². The molecule has 0 aliphatic heterocycles. The molecule has 0 unspecified atom stereocenters. The van der Waals surface area contributed by atoms with Gasteiger partial charge in [0.25, 0.3) is 0 Å². The number of benzene rings is 1. The maximum Gasteiger partial charge on any atom is 0.318 e. The largest absolute Gasteiger partial charge is 0.508 e. The number of fused-ring (bicyclic) bond motifs is 1. The highest BCUT2D eigenvalue weighted by molar-refractivity contribution is 5.75. The third-order valence-electron chi connectivity index (χ3n) is 4.57. The number of urea groups is 1. The third kappa shape index (κ3) is 4.14. The standard InChI is InChI=1S/C19H25N3O3/c1-21(2)10-11-22(13-14-5-4-12-25-14)19(24)20-17-9-8-16-15(17)6-3-7-18(16)23/h3-7,12,17,23H,8-11,13H2,1-2H3,(H,20,24)/t17-/m0/s1. The lowest BCUT2D eigenvalue weighted by Crippen LogP contribution is -2.43. The van der Waals surface area contributed by atoms with Crippen LogP contribution in [0.25, 0.3) is 0 Å². The molecule has 0 spiro atoms. The molecule has 2 N–H and O–H groups in total. The molecule has 6 heteroatoms. The lowest BCUT2D eigenvalue weighted by molar-refractivity contribution is 0.180. The Morgan fingerprint density at radius 2 is 2.12 bits per heavy atom. The number of likely N-dealkylation sites (N-methyl/N-ethyl adjacent to an activating group) is 1. The number of rotatable bonds is 6. The molecule has 6 nitrogen and oxygen atoms in total. The van der Waals surface area contributed by atoms with Crippen molar-refractivity contribution in [3.63, 3.8) is 0 Å². The van der Waals surface area contributed by atoms with Crippen LogP contribution in [-0.4, -0.2) is 48.1 Å². The molecule has 3 rings (SSSR count). The van der Waals surface area contributed by atoms with Crippen molar-refractivity contribution >= 4 is 6.03 Å². The van der Waals surface area contributed by atoms with Crippen LogP contribution in [0.1, 0.15) is 29.3 Å². The maximum atomic E-state index is 12.8. The molecule has 1 atom stereocenters. The molecule has 0 radical (unpaired) electrons. The molecular formula is C19H25N3O3. The van der Waals surface area contributed by atoms with Gasteiger partial charge in [-0.15, -0.1) is 0 Å². The van der Waals surface area contributed by atoms with Crippen molar-refractivity contribution in [2.24, 2.45) is 0 Å². The average Bonchev–Trinajstić information content (AvgIpc) is 3.22. The van der Waals surface area contributed by atoms with Crippen molar-refractivity contribution in [1.29, 1.82) is 0 Å². The number of nitrogens with zero attached hydrogens (tertiary/aromatic N) is 2. The SMILES string of the molecule is CN(C)CCN(Cc1ccco1)C(=O)N[C@H]1CCc2c(O)cccc21. The summed E-state index contributed by atoms with van der Waals surface area (Å²) in [7, 11) is 3.97. The number of hydrogen-bond acceptors (Lipinski definition) is 4. The van der Waals surface area contributed by atoms with E-state index in [0.717, 1.165) is 36.3 Å². The first kappa shape index (κ1) is 17.4. The van der Waals surface area contributed by atoms with Crippen LogP contribution >= 0.6 is 0 Å². The number of phenols is 1. The fourth-order valence-electron chi connectivity index (χ4n) is 3.19. The Morgan fingerprint density at radius 3 is 2.84 bits per heavy atom. The third-order valence-corrected chi connectivity index (χ3v) is 4.57. The van der Waals surface area contributed by atoms with E-state index >= 15 is 0 Å². The number of carbonyl (C=O) groups is 1. The summed E-state index contributed by atoms with van der Waals surface area (Å²) in [6, 6.07) is 9.03. The molecular weight excluding hydrogens is 318 g/mol. The topological polar surface area (TPSA) is 69.0 Å². The number of amides is 2. The highest BCUT2D eigenvalue weighted by Crippen LogP contribution is 2.36. The molecule has 134 valence electrons. The minimum atomic E-state index is -0.112. The van der Waals surface area contributed by atoms with Crippen molar-refractivity contribution < 1.29 is 14.3 Å². The average molecular weight is 343 g/mol. The van der Waals surface area contributed by atoms with E-state index in [1.54, 1.807) is 17.2 Å². The second-order valence-corrected chi connectivity index (χ2v) is 6.69. The van der Waals surface area contributed by atoms with E-state index in [-0.39, 0.29) is 12.1 Å². The molecule has 1 aromatic carbocycles. The summed E-state index contributed by atoms with van der Waals surface area (Å²) < 4.78 is 5.39. The Bertz CT molecular complexity index is 713. The van der Waals surface area contributed by atoms with Crippen LogP contribution in [0.3, 0.4) is 0 Å². The first-order chi connectivity index (χ1) is 12.0. The molecule has 0 fully saturated rings. The highest BCUT2D eigenvalue weighted by atomic mass is 16.3. The molecule has 2 aromatic rings. The van der Waals surface area contributed by atoms with Crippen LogP contribution < -0.4 is 5.32 Å². The van der Waals surface area contributed by atoms with E-state index in [1.807, 2.05) is 43.3 Å². The zero-order valence-corrected chi connectivity index (χ0v) is 14.7. The van der Waals surface area contributed by atoms with Crippen molar-refractivity contribution in [3.8, 4) is 5.75 Å². The fraction of sp³-hybridized carbons (Fsp3) is 0.421. The number of furan rings is 1. The van der Waals surface area contributed by atoms with E-state index < -0.39 is 0 Å². The second kappa shape index (κ2) is 7.61. The fourth-order valence-corrected chi connectivity index (χ4v) is 3.19. The van der Waals surface area contributed by atoms with Crippen LogP contribution in [0.4, 0.5) is 4.79 Å². The highest BCUT2D eigenvalue weighted by Gasteiger charge is 2.27. The number of carbonyl (C=O) groups excluding carboxylic acids is 1. The van der Waals surface area contributed by atoms with Crippen LogP contribution in [0.2, 0.25) is 0 Å². The molecule has 1 aliphatic rings. The Kier molecular flexibility index (Phi) is 5.28. The summed E-state index contributed by atoms with van der Waals surface area (Å²) in [6.45, 7) is 1.82. The van der Waals surface area contributed by atoms with E-state index in [2.05, 4.69) is 5.32 Å². The van der Waals surface area contributed by atoms with Gasteiger partial charge in [0.15, 0.2) is 0 Å². The van der Waals surface area contributed by atoms with E-state index in [0.29, 0.717) is 18.8 Å². The quantitative estimate of drug-likeness (QED) is 0.846. The van der Waals surface area contributed by atoms with Gasteiger partial charge in [0.2, 0.25) is 0 Å². The molecule has 1 aromatic heterocycles. The van der Waals surface area contributed by atoms with Gasteiger partial charge < -0.3 is 24.6 Å². The summed E-state index contributed by atoms with van der Waals surface area (Å²) in [6.07, 6.45) is 3.21. The van der Waals surface area contributed by atoms with Crippen molar-refractivity contribution in [2.45, 2.75) is 25.4 Å². The van der Waals surface area contributed by atoms with Gasteiger partial charge in [-0.3, -0.25) is 0 Å². The Morgan fingerprint density at radius 1 is 1.28 bits per heavy atom. The Balaban J connectivity index is 1.69. The Hall–Kier alpha value is -2.47. The maximum absolute atomic E-state index is 12.8. The minimum absolute atomic E-state index is 0.0620.